The summed E-state index contributed by atoms with van der Waals surface area (Å²) >= 11 is 5.14. The SMILES string of the molecule is O=c1[nH][nH]c(=S)n1C1CCN(Cc2ccccc2)C1. The van der Waals surface area contributed by atoms with Gasteiger partial charge in [-0.3, -0.25) is 14.6 Å². The van der Waals surface area contributed by atoms with Gasteiger partial charge in [-0.1, -0.05) is 30.3 Å². The number of aromatic nitrogens is 3. The van der Waals surface area contributed by atoms with Crippen molar-refractivity contribution in [3.05, 3.63) is 51.2 Å². The van der Waals surface area contributed by atoms with E-state index in [0.717, 1.165) is 26.1 Å². The van der Waals surface area contributed by atoms with Crippen molar-refractivity contribution in [3.8, 4) is 0 Å². The Morgan fingerprint density at radius 1 is 1.26 bits per heavy atom. The fourth-order valence-corrected chi connectivity index (χ4v) is 2.94. The Bertz CT molecular complexity index is 630. The van der Waals surface area contributed by atoms with Gasteiger partial charge in [0.1, 0.15) is 0 Å². The third-order valence-electron chi connectivity index (χ3n) is 3.58. The van der Waals surface area contributed by atoms with Crippen molar-refractivity contribution >= 4 is 12.2 Å². The van der Waals surface area contributed by atoms with E-state index >= 15 is 0 Å². The number of likely N-dealkylation sites (tertiary alicyclic amines) is 1. The zero-order valence-corrected chi connectivity index (χ0v) is 11.3. The van der Waals surface area contributed by atoms with Gasteiger partial charge < -0.3 is 0 Å². The Kier molecular flexibility index (Phi) is 3.35. The Labute approximate surface area is 115 Å². The number of aromatic amines is 2. The molecule has 1 aromatic heterocycles. The summed E-state index contributed by atoms with van der Waals surface area (Å²) in [5.74, 6) is 0. The molecular formula is C13H16N4OS. The number of H-pyrrole nitrogens is 2. The third kappa shape index (κ3) is 2.54. The van der Waals surface area contributed by atoms with Gasteiger partial charge in [0.25, 0.3) is 0 Å². The molecule has 2 aromatic rings. The summed E-state index contributed by atoms with van der Waals surface area (Å²) in [5.41, 5.74) is 1.16. The van der Waals surface area contributed by atoms with Gasteiger partial charge in [0.05, 0.1) is 6.04 Å². The quantitative estimate of drug-likeness (QED) is 0.839. The predicted octanol–water partition coefficient (Wildman–Crippen LogP) is 1.68. The van der Waals surface area contributed by atoms with Gasteiger partial charge in [-0.25, -0.2) is 9.89 Å². The van der Waals surface area contributed by atoms with Crippen LogP contribution in [0.2, 0.25) is 0 Å². The molecule has 2 N–H and O–H groups in total. The molecule has 2 heterocycles. The Morgan fingerprint density at radius 3 is 2.74 bits per heavy atom. The first-order chi connectivity index (χ1) is 9.24. The van der Waals surface area contributed by atoms with Gasteiger partial charge in [0.15, 0.2) is 4.77 Å². The second-order valence-electron chi connectivity index (χ2n) is 4.89. The van der Waals surface area contributed by atoms with Crippen molar-refractivity contribution in [2.75, 3.05) is 13.1 Å². The second-order valence-corrected chi connectivity index (χ2v) is 5.28. The van der Waals surface area contributed by atoms with Gasteiger partial charge in [0, 0.05) is 19.6 Å². The highest BCUT2D eigenvalue weighted by Gasteiger charge is 2.25. The average Bonchev–Trinajstić information content (AvgIpc) is 2.98. The minimum atomic E-state index is -0.142. The number of rotatable bonds is 3. The molecule has 6 heteroatoms. The first-order valence-electron chi connectivity index (χ1n) is 6.39. The molecule has 0 amide bonds. The molecule has 5 nitrogen and oxygen atoms in total. The summed E-state index contributed by atoms with van der Waals surface area (Å²) in [6.07, 6.45) is 0.960. The summed E-state index contributed by atoms with van der Waals surface area (Å²) in [7, 11) is 0. The summed E-state index contributed by atoms with van der Waals surface area (Å²) in [6, 6.07) is 10.6. The third-order valence-corrected chi connectivity index (χ3v) is 3.87. The van der Waals surface area contributed by atoms with Crippen molar-refractivity contribution in [3.63, 3.8) is 0 Å². The summed E-state index contributed by atoms with van der Waals surface area (Å²) < 4.78 is 2.14. The highest BCUT2D eigenvalue weighted by molar-refractivity contribution is 7.71. The van der Waals surface area contributed by atoms with Crippen molar-refractivity contribution in [1.29, 1.82) is 0 Å². The number of benzene rings is 1. The smallest absolute Gasteiger partial charge is 0.297 e. The number of nitrogens with one attached hydrogen (secondary N) is 2. The fourth-order valence-electron chi connectivity index (χ4n) is 2.66. The van der Waals surface area contributed by atoms with E-state index in [0.29, 0.717) is 4.77 Å². The van der Waals surface area contributed by atoms with Crippen LogP contribution in [0.1, 0.15) is 18.0 Å². The van der Waals surface area contributed by atoms with Crippen molar-refractivity contribution in [2.24, 2.45) is 0 Å². The molecule has 0 bridgehead atoms. The van der Waals surface area contributed by atoms with E-state index in [-0.39, 0.29) is 11.7 Å². The molecule has 1 aliphatic heterocycles. The highest BCUT2D eigenvalue weighted by Crippen LogP contribution is 2.21. The minimum absolute atomic E-state index is 0.142. The van der Waals surface area contributed by atoms with Crippen LogP contribution in [-0.4, -0.2) is 32.8 Å². The zero-order valence-electron chi connectivity index (χ0n) is 10.5. The van der Waals surface area contributed by atoms with Crippen LogP contribution in [0.15, 0.2) is 35.1 Å². The van der Waals surface area contributed by atoms with Crippen LogP contribution in [0.3, 0.4) is 0 Å². The largest absolute Gasteiger partial charge is 0.342 e. The van der Waals surface area contributed by atoms with Crippen LogP contribution in [0.4, 0.5) is 0 Å². The Hall–Kier alpha value is -1.66. The van der Waals surface area contributed by atoms with E-state index in [9.17, 15) is 4.79 Å². The lowest BCUT2D eigenvalue weighted by atomic mass is 10.2. The van der Waals surface area contributed by atoms with Crippen LogP contribution >= 0.6 is 12.2 Å². The van der Waals surface area contributed by atoms with Crippen LogP contribution in [0, 0.1) is 4.77 Å². The lowest BCUT2D eigenvalue weighted by Gasteiger charge is -2.16. The zero-order chi connectivity index (χ0) is 13.2. The average molecular weight is 276 g/mol. The summed E-state index contributed by atoms with van der Waals surface area (Å²) in [4.78, 5) is 14.0. The lowest BCUT2D eigenvalue weighted by molar-refractivity contribution is 0.314. The van der Waals surface area contributed by atoms with E-state index in [4.69, 9.17) is 12.2 Å². The van der Waals surface area contributed by atoms with Crippen molar-refractivity contribution in [2.45, 2.75) is 19.0 Å². The maximum Gasteiger partial charge on any atom is 0.342 e. The minimum Gasteiger partial charge on any atom is -0.297 e. The molecule has 1 unspecified atom stereocenters. The number of nitrogens with zero attached hydrogens (tertiary/aromatic N) is 2. The topological polar surface area (TPSA) is 56.8 Å². The fraction of sp³-hybridized carbons (Fsp3) is 0.385. The molecule has 19 heavy (non-hydrogen) atoms. The van der Waals surface area contributed by atoms with E-state index in [1.165, 1.54) is 5.56 Å². The number of hydrogen-bond acceptors (Lipinski definition) is 3. The molecule has 1 atom stereocenters. The summed E-state index contributed by atoms with van der Waals surface area (Å²) in [6.45, 7) is 2.78. The maximum absolute atomic E-state index is 11.7. The van der Waals surface area contributed by atoms with Gasteiger partial charge in [0.2, 0.25) is 0 Å². The molecule has 0 aliphatic carbocycles. The molecule has 1 aliphatic rings. The van der Waals surface area contributed by atoms with E-state index in [1.54, 1.807) is 4.57 Å². The Morgan fingerprint density at radius 2 is 2.05 bits per heavy atom. The molecule has 3 rings (SSSR count). The van der Waals surface area contributed by atoms with Crippen LogP contribution in [0.5, 0.6) is 0 Å². The summed E-state index contributed by atoms with van der Waals surface area (Å²) in [5, 5.41) is 5.24. The van der Waals surface area contributed by atoms with Gasteiger partial charge in [-0.05, 0) is 24.2 Å². The lowest BCUT2D eigenvalue weighted by Crippen LogP contribution is -2.26. The van der Waals surface area contributed by atoms with Crippen LogP contribution < -0.4 is 5.69 Å². The molecular weight excluding hydrogens is 260 g/mol. The van der Waals surface area contributed by atoms with Crippen LogP contribution in [-0.2, 0) is 6.54 Å². The van der Waals surface area contributed by atoms with E-state index in [2.05, 4.69) is 39.4 Å². The molecule has 1 aromatic carbocycles. The predicted molar refractivity (Wildman–Crippen MR) is 75.6 cm³/mol. The van der Waals surface area contributed by atoms with Crippen molar-refractivity contribution < 1.29 is 0 Å². The Balaban J connectivity index is 1.71. The first kappa shape index (κ1) is 12.4. The molecule has 0 saturated carbocycles. The second kappa shape index (κ2) is 5.14. The van der Waals surface area contributed by atoms with Gasteiger partial charge in [-0.2, -0.15) is 0 Å². The molecule has 100 valence electrons. The van der Waals surface area contributed by atoms with Crippen LogP contribution in [0.25, 0.3) is 0 Å². The molecule has 0 radical (unpaired) electrons. The van der Waals surface area contributed by atoms with E-state index in [1.807, 2.05) is 6.07 Å². The van der Waals surface area contributed by atoms with Gasteiger partial charge in [-0.15, -0.1) is 0 Å². The maximum atomic E-state index is 11.7. The monoisotopic (exact) mass is 276 g/mol. The normalized spacial score (nSPS) is 19.9. The highest BCUT2D eigenvalue weighted by atomic mass is 32.1. The molecule has 1 fully saturated rings. The molecule has 1 saturated heterocycles. The number of hydrogen-bond donors (Lipinski definition) is 2. The van der Waals surface area contributed by atoms with E-state index < -0.39 is 0 Å². The van der Waals surface area contributed by atoms with Gasteiger partial charge >= 0.3 is 5.69 Å². The molecule has 0 spiro atoms. The first-order valence-corrected chi connectivity index (χ1v) is 6.80. The standard InChI is InChI=1S/C13H16N4OS/c18-12-14-15-13(19)17(12)11-6-7-16(9-11)8-10-4-2-1-3-5-10/h1-5,11H,6-9H2,(H,14,18)(H,15,19). The van der Waals surface area contributed by atoms with Crippen molar-refractivity contribution in [1.82, 2.24) is 19.7 Å².